The molecule has 27 heavy (non-hydrogen) atoms. The van der Waals surface area contributed by atoms with Crippen LogP contribution in [-0.2, 0) is 4.79 Å². The van der Waals surface area contributed by atoms with Gasteiger partial charge in [0.05, 0.1) is 6.04 Å². The van der Waals surface area contributed by atoms with Crippen molar-refractivity contribution in [3.8, 4) is 0 Å². The molecule has 1 aromatic heterocycles. The number of aromatic nitrogens is 1. The van der Waals surface area contributed by atoms with Gasteiger partial charge in [-0.3, -0.25) is 4.90 Å². The smallest absolute Gasteiger partial charge is 0.137 e. The summed E-state index contributed by atoms with van der Waals surface area (Å²) in [6, 6.07) is 8.86. The Morgan fingerprint density at radius 1 is 1.00 bits per heavy atom. The van der Waals surface area contributed by atoms with Gasteiger partial charge in [0.1, 0.15) is 6.29 Å². The van der Waals surface area contributed by atoms with E-state index in [-0.39, 0.29) is 6.04 Å². The van der Waals surface area contributed by atoms with Gasteiger partial charge in [-0.15, -0.1) is 0 Å². The van der Waals surface area contributed by atoms with Crippen LogP contribution >= 0.6 is 0 Å². The number of unbranched alkanes of at least 4 members (excludes halogenated alkanes) is 1. The number of piperidine rings is 2. The number of carbonyl (C=O) groups is 1. The molecule has 146 valence electrons. The third-order valence-corrected chi connectivity index (χ3v) is 6.64. The first-order valence-electron chi connectivity index (χ1n) is 10.8. The summed E-state index contributed by atoms with van der Waals surface area (Å²) < 4.78 is 0. The van der Waals surface area contributed by atoms with Crippen LogP contribution in [0.15, 0.2) is 30.5 Å². The Balaban J connectivity index is 1.19. The van der Waals surface area contributed by atoms with Crippen molar-refractivity contribution in [2.45, 2.75) is 56.9 Å². The molecule has 4 nitrogen and oxygen atoms in total. The van der Waals surface area contributed by atoms with Gasteiger partial charge in [-0.05, 0) is 88.8 Å². The first kappa shape index (κ1) is 18.7. The van der Waals surface area contributed by atoms with Crippen LogP contribution in [0.4, 0.5) is 0 Å². The van der Waals surface area contributed by atoms with E-state index >= 15 is 0 Å². The first-order valence-corrected chi connectivity index (χ1v) is 10.8. The summed E-state index contributed by atoms with van der Waals surface area (Å²) in [5, 5.41) is 1.40. The summed E-state index contributed by atoms with van der Waals surface area (Å²) in [6.07, 6.45) is 11.9. The van der Waals surface area contributed by atoms with E-state index in [1.807, 2.05) is 0 Å². The second-order valence-corrected chi connectivity index (χ2v) is 8.35. The quantitative estimate of drug-likeness (QED) is 0.589. The highest BCUT2D eigenvalue weighted by atomic mass is 16.1. The zero-order valence-electron chi connectivity index (χ0n) is 16.4. The highest BCUT2D eigenvalue weighted by molar-refractivity contribution is 5.83. The van der Waals surface area contributed by atoms with Crippen LogP contribution in [-0.4, -0.2) is 59.8 Å². The van der Waals surface area contributed by atoms with Crippen molar-refractivity contribution >= 4 is 17.2 Å². The van der Waals surface area contributed by atoms with E-state index < -0.39 is 0 Å². The summed E-state index contributed by atoms with van der Waals surface area (Å²) in [5.41, 5.74) is 2.77. The van der Waals surface area contributed by atoms with E-state index in [0.29, 0.717) is 5.92 Å². The molecule has 0 saturated carbocycles. The second-order valence-electron chi connectivity index (χ2n) is 8.35. The van der Waals surface area contributed by atoms with E-state index in [9.17, 15) is 4.79 Å². The van der Waals surface area contributed by atoms with Gasteiger partial charge in [0.2, 0.25) is 0 Å². The van der Waals surface area contributed by atoms with Crippen molar-refractivity contribution in [2.24, 2.45) is 0 Å². The molecule has 1 unspecified atom stereocenters. The fourth-order valence-corrected chi connectivity index (χ4v) is 5.00. The molecule has 4 heteroatoms. The predicted molar refractivity (Wildman–Crippen MR) is 111 cm³/mol. The van der Waals surface area contributed by atoms with Gasteiger partial charge in [0, 0.05) is 17.1 Å². The van der Waals surface area contributed by atoms with Gasteiger partial charge in [0.25, 0.3) is 0 Å². The topological polar surface area (TPSA) is 39.3 Å². The van der Waals surface area contributed by atoms with Gasteiger partial charge >= 0.3 is 0 Å². The number of H-pyrrole nitrogens is 1. The molecule has 2 saturated heterocycles. The van der Waals surface area contributed by atoms with Crippen LogP contribution in [0.3, 0.4) is 0 Å². The van der Waals surface area contributed by atoms with Crippen LogP contribution in [0.2, 0.25) is 0 Å². The lowest BCUT2D eigenvalue weighted by atomic mass is 9.89. The van der Waals surface area contributed by atoms with E-state index in [4.69, 9.17) is 0 Å². The van der Waals surface area contributed by atoms with Gasteiger partial charge in [0.15, 0.2) is 0 Å². The van der Waals surface area contributed by atoms with Gasteiger partial charge in [-0.2, -0.15) is 0 Å². The number of carbonyl (C=O) groups excluding carboxylic acids is 1. The predicted octanol–water partition coefficient (Wildman–Crippen LogP) is 4.18. The molecule has 4 rings (SSSR count). The van der Waals surface area contributed by atoms with Crippen molar-refractivity contribution in [3.05, 3.63) is 36.0 Å². The summed E-state index contributed by atoms with van der Waals surface area (Å²) in [6.45, 7) is 5.84. The third kappa shape index (κ3) is 4.44. The molecule has 3 heterocycles. The molecule has 2 aromatic rings. The Hall–Kier alpha value is -1.65. The number of benzene rings is 1. The third-order valence-electron chi connectivity index (χ3n) is 6.64. The highest BCUT2D eigenvalue weighted by Gasteiger charge is 2.23. The van der Waals surface area contributed by atoms with Crippen molar-refractivity contribution in [2.75, 3.05) is 32.7 Å². The average Bonchev–Trinajstić information content (AvgIpc) is 3.16. The number of aromatic amines is 1. The largest absolute Gasteiger partial charge is 0.361 e. The van der Waals surface area contributed by atoms with E-state index in [1.165, 1.54) is 74.6 Å². The number of hydrogen-bond acceptors (Lipinski definition) is 3. The highest BCUT2D eigenvalue weighted by Crippen LogP contribution is 2.33. The molecule has 2 fully saturated rings. The minimum atomic E-state index is 0.186. The molecule has 2 aliphatic rings. The number of rotatable bonds is 7. The standard InChI is InChI=1S/C23H33N3O/c27-18-20-7-3-4-13-26(20)14-6-5-12-25-15-10-19(11-16-25)22-17-24-23-9-2-1-8-21(22)23/h1-2,8-9,17-20,24H,3-7,10-16H2. The molecule has 2 aliphatic heterocycles. The van der Waals surface area contributed by atoms with E-state index in [2.05, 4.69) is 45.2 Å². The molecule has 0 aliphatic carbocycles. The number of para-hydroxylation sites is 1. The Morgan fingerprint density at radius 3 is 2.67 bits per heavy atom. The zero-order chi connectivity index (χ0) is 18.5. The van der Waals surface area contributed by atoms with Gasteiger partial charge in [-0.25, -0.2) is 0 Å². The number of hydrogen-bond donors (Lipinski definition) is 1. The minimum absolute atomic E-state index is 0.186. The number of nitrogens with zero attached hydrogens (tertiary/aromatic N) is 2. The van der Waals surface area contributed by atoms with Crippen LogP contribution < -0.4 is 0 Å². The monoisotopic (exact) mass is 367 g/mol. The van der Waals surface area contributed by atoms with Crippen LogP contribution in [0.5, 0.6) is 0 Å². The van der Waals surface area contributed by atoms with Crippen molar-refractivity contribution in [1.82, 2.24) is 14.8 Å². The first-order chi connectivity index (χ1) is 13.3. The summed E-state index contributed by atoms with van der Waals surface area (Å²) in [7, 11) is 0. The Kier molecular flexibility index (Phi) is 6.25. The van der Waals surface area contributed by atoms with Crippen LogP contribution in [0.25, 0.3) is 10.9 Å². The summed E-state index contributed by atoms with van der Waals surface area (Å²) >= 11 is 0. The second kappa shape index (κ2) is 9.03. The Labute approximate surface area is 162 Å². The molecule has 0 radical (unpaired) electrons. The number of likely N-dealkylation sites (tertiary alicyclic amines) is 2. The fraction of sp³-hybridized carbons (Fsp3) is 0.609. The molecule has 0 amide bonds. The maximum atomic E-state index is 11.2. The maximum Gasteiger partial charge on any atom is 0.137 e. The lowest BCUT2D eigenvalue weighted by molar-refractivity contribution is -0.113. The lowest BCUT2D eigenvalue weighted by Crippen LogP contribution is -2.41. The summed E-state index contributed by atoms with van der Waals surface area (Å²) in [4.78, 5) is 19.7. The molecular weight excluding hydrogens is 334 g/mol. The fourth-order valence-electron chi connectivity index (χ4n) is 5.00. The normalized spacial score (nSPS) is 23.0. The Bertz CT molecular complexity index is 732. The SMILES string of the molecule is O=CC1CCCCN1CCCCN1CCC(c2c[nH]c3ccccc23)CC1. The van der Waals surface area contributed by atoms with Gasteiger partial charge < -0.3 is 14.7 Å². The van der Waals surface area contributed by atoms with Crippen molar-refractivity contribution < 1.29 is 4.79 Å². The molecular formula is C23H33N3O. The van der Waals surface area contributed by atoms with E-state index in [0.717, 1.165) is 25.8 Å². The molecule has 0 bridgehead atoms. The van der Waals surface area contributed by atoms with Crippen molar-refractivity contribution in [3.63, 3.8) is 0 Å². The molecule has 0 spiro atoms. The number of fused-ring (bicyclic) bond motifs is 1. The molecule has 1 N–H and O–H groups in total. The number of aldehydes is 1. The van der Waals surface area contributed by atoms with Crippen LogP contribution in [0.1, 0.15) is 56.4 Å². The van der Waals surface area contributed by atoms with Crippen LogP contribution in [0, 0.1) is 0 Å². The number of nitrogens with one attached hydrogen (secondary N) is 1. The maximum absolute atomic E-state index is 11.2. The molecule has 1 aromatic carbocycles. The zero-order valence-corrected chi connectivity index (χ0v) is 16.4. The van der Waals surface area contributed by atoms with Crippen molar-refractivity contribution in [1.29, 1.82) is 0 Å². The average molecular weight is 368 g/mol. The molecule has 1 atom stereocenters. The van der Waals surface area contributed by atoms with Gasteiger partial charge in [-0.1, -0.05) is 24.6 Å². The lowest BCUT2D eigenvalue weighted by Gasteiger charge is -2.33. The van der Waals surface area contributed by atoms with E-state index in [1.54, 1.807) is 0 Å². The Morgan fingerprint density at radius 2 is 1.81 bits per heavy atom. The minimum Gasteiger partial charge on any atom is -0.361 e. The summed E-state index contributed by atoms with van der Waals surface area (Å²) in [5.74, 6) is 0.694.